The number of benzene rings is 1. The molecule has 1 aromatic heterocycles. The van der Waals surface area contributed by atoms with Gasteiger partial charge in [-0.25, -0.2) is 4.68 Å². The van der Waals surface area contributed by atoms with Gasteiger partial charge >= 0.3 is 0 Å². The maximum Gasteiger partial charge on any atom is 0.122 e. The molecule has 0 spiro atoms. The topological polar surface area (TPSA) is 43.8 Å². The summed E-state index contributed by atoms with van der Waals surface area (Å²) in [5.41, 5.74) is 8.10. The molecule has 90 valence electrons. The summed E-state index contributed by atoms with van der Waals surface area (Å²) in [4.78, 5) is 0. The summed E-state index contributed by atoms with van der Waals surface area (Å²) in [6.45, 7) is 4.33. The Kier molecular flexibility index (Phi) is 3.47. The van der Waals surface area contributed by atoms with Gasteiger partial charge in [0, 0.05) is 11.6 Å². The van der Waals surface area contributed by atoms with Crippen LogP contribution in [0.5, 0.6) is 0 Å². The van der Waals surface area contributed by atoms with Crippen LogP contribution in [0.2, 0.25) is 0 Å². The van der Waals surface area contributed by atoms with Crippen LogP contribution in [0, 0.1) is 0 Å². The van der Waals surface area contributed by atoms with E-state index in [4.69, 9.17) is 5.73 Å². The van der Waals surface area contributed by atoms with E-state index in [-0.39, 0.29) is 0 Å². The third-order valence-corrected chi connectivity index (χ3v) is 3.12. The minimum absolute atomic E-state index is 0.396. The van der Waals surface area contributed by atoms with Crippen molar-refractivity contribution in [2.75, 3.05) is 5.73 Å². The average Bonchev–Trinajstić information content (AvgIpc) is 2.75. The number of hydrogen-bond acceptors (Lipinski definition) is 2. The fourth-order valence-electron chi connectivity index (χ4n) is 2.09. The van der Waals surface area contributed by atoms with Crippen molar-refractivity contribution in [3.63, 3.8) is 0 Å². The van der Waals surface area contributed by atoms with Gasteiger partial charge in [0.05, 0.1) is 11.7 Å². The van der Waals surface area contributed by atoms with Gasteiger partial charge in [-0.15, -0.1) is 0 Å². The second-order valence-corrected chi connectivity index (χ2v) is 4.24. The molecule has 0 fully saturated rings. The zero-order chi connectivity index (χ0) is 12.3. The molecule has 0 bridgehead atoms. The van der Waals surface area contributed by atoms with E-state index >= 15 is 0 Å². The Balaban J connectivity index is 2.37. The van der Waals surface area contributed by atoms with Crippen LogP contribution in [0.4, 0.5) is 5.82 Å². The van der Waals surface area contributed by atoms with Crippen molar-refractivity contribution < 1.29 is 0 Å². The zero-order valence-electron chi connectivity index (χ0n) is 10.4. The summed E-state index contributed by atoms with van der Waals surface area (Å²) < 4.78 is 1.95. The minimum atomic E-state index is 0.396. The van der Waals surface area contributed by atoms with Gasteiger partial charge in [-0.1, -0.05) is 44.2 Å². The van der Waals surface area contributed by atoms with E-state index in [9.17, 15) is 0 Å². The average molecular weight is 229 g/mol. The third kappa shape index (κ3) is 2.33. The van der Waals surface area contributed by atoms with Crippen molar-refractivity contribution in [2.45, 2.75) is 32.7 Å². The maximum absolute atomic E-state index is 6.03. The Morgan fingerprint density at radius 3 is 2.41 bits per heavy atom. The molecule has 0 unspecified atom stereocenters. The molecule has 0 aliphatic heterocycles. The molecule has 2 rings (SSSR count). The van der Waals surface area contributed by atoms with E-state index in [1.165, 1.54) is 0 Å². The van der Waals surface area contributed by atoms with Gasteiger partial charge in [0.2, 0.25) is 0 Å². The smallest absolute Gasteiger partial charge is 0.122 e. The summed E-state index contributed by atoms with van der Waals surface area (Å²) in [7, 11) is 0. The Morgan fingerprint density at radius 1 is 1.18 bits per heavy atom. The number of aromatic nitrogens is 2. The van der Waals surface area contributed by atoms with Gasteiger partial charge in [-0.05, 0) is 12.8 Å². The largest absolute Gasteiger partial charge is 0.384 e. The predicted octanol–water partition coefficient (Wildman–Crippen LogP) is 3.49. The van der Waals surface area contributed by atoms with Crippen LogP contribution in [-0.2, 0) is 0 Å². The lowest BCUT2D eigenvalue weighted by atomic mass is 10.1. The first kappa shape index (κ1) is 11.7. The number of hydrogen-bond donors (Lipinski definition) is 1. The summed E-state index contributed by atoms with van der Waals surface area (Å²) in [6.07, 6.45) is 2.10. The lowest BCUT2D eigenvalue weighted by molar-refractivity contribution is 0.435. The molecule has 2 N–H and O–H groups in total. The fourth-order valence-corrected chi connectivity index (χ4v) is 2.09. The molecule has 0 radical (unpaired) electrons. The molecule has 0 amide bonds. The van der Waals surface area contributed by atoms with Gasteiger partial charge in [0.25, 0.3) is 0 Å². The van der Waals surface area contributed by atoms with E-state index < -0.39 is 0 Å². The SMILES string of the molecule is CCC(CC)n1nc(-c2ccccc2)cc1N. The van der Waals surface area contributed by atoms with Crippen molar-refractivity contribution in [3.8, 4) is 11.3 Å². The fraction of sp³-hybridized carbons (Fsp3) is 0.357. The molecule has 0 saturated carbocycles. The lowest BCUT2D eigenvalue weighted by Gasteiger charge is -2.14. The Hall–Kier alpha value is -1.77. The first-order chi connectivity index (χ1) is 8.26. The quantitative estimate of drug-likeness (QED) is 0.872. The van der Waals surface area contributed by atoms with E-state index in [1.807, 2.05) is 28.9 Å². The molecule has 2 aromatic rings. The highest BCUT2D eigenvalue weighted by Crippen LogP contribution is 2.25. The first-order valence-corrected chi connectivity index (χ1v) is 6.16. The van der Waals surface area contributed by atoms with Crippen molar-refractivity contribution in [3.05, 3.63) is 36.4 Å². The number of nitrogen functional groups attached to an aromatic ring is 1. The van der Waals surface area contributed by atoms with Crippen molar-refractivity contribution >= 4 is 5.82 Å². The summed E-state index contributed by atoms with van der Waals surface area (Å²) in [5, 5.41) is 4.61. The van der Waals surface area contributed by atoms with Crippen LogP contribution >= 0.6 is 0 Å². The zero-order valence-corrected chi connectivity index (χ0v) is 10.4. The molecule has 0 saturated heterocycles. The minimum Gasteiger partial charge on any atom is -0.384 e. The van der Waals surface area contributed by atoms with Gasteiger partial charge in [0.1, 0.15) is 5.82 Å². The standard InChI is InChI=1S/C14H19N3/c1-3-12(4-2)17-14(15)10-13(16-17)11-8-6-5-7-9-11/h5-10,12H,3-4,15H2,1-2H3. The van der Waals surface area contributed by atoms with E-state index in [1.54, 1.807) is 0 Å². The highest BCUT2D eigenvalue weighted by atomic mass is 15.3. The number of rotatable bonds is 4. The molecule has 0 atom stereocenters. The highest BCUT2D eigenvalue weighted by molar-refractivity contribution is 5.62. The molecular formula is C14H19N3. The highest BCUT2D eigenvalue weighted by Gasteiger charge is 2.13. The molecule has 17 heavy (non-hydrogen) atoms. The molecule has 3 nitrogen and oxygen atoms in total. The van der Waals surface area contributed by atoms with E-state index in [2.05, 4.69) is 31.1 Å². The molecule has 0 aliphatic carbocycles. The summed E-state index contributed by atoms with van der Waals surface area (Å²) in [5.74, 6) is 0.748. The van der Waals surface area contributed by atoms with Crippen LogP contribution in [0.25, 0.3) is 11.3 Å². The summed E-state index contributed by atoms with van der Waals surface area (Å²) >= 11 is 0. The molecular weight excluding hydrogens is 210 g/mol. The second kappa shape index (κ2) is 5.04. The number of anilines is 1. The number of nitrogens with two attached hydrogens (primary N) is 1. The van der Waals surface area contributed by atoms with Gasteiger partial charge in [-0.3, -0.25) is 0 Å². The molecule has 1 aromatic carbocycles. The molecule has 3 heteroatoms. The maximum atomic E-state index is 6.03. The Morgan fingerprint density at radius 2 is 1.82 bits per heavy atom. The summed E-state index contributed by atoms with van der Waals surface area (Å²) in [6, 6.07) is 12.5. The Bertz CT molecular complexity index is 469. The first-order valence-electron chi connectivity index (χ1n) is 6.16. The van der Waals surface area contributed by atoms with Crippen molar-refractivity contribution in [1.29, 1.82) is 0 Å². The third-order valence-electron chi connectivity index (χ3n) is 3.12. The van der Waals surface area contributed by atoms with E-state index in [0.29, 0.717) is 6.04 Å². The Labute approximate surface area is 102 Å². The normalized spacial score (nSPS) is 11.0. The predicted molar refractivity (Wildman–Crippen MR) is 71.7 cm³/mol. The lowest BCUT2D eigenvalue weighted by Crippen LogP contribution is -2.11. The van der Waals surface area contributed by atoms with Gasteiger partial charge < -0.3 is 5.73 Å². The molecule has 1 heterocycles. The van der Waals surface area contributed by atoms with Gasteiger partial charge in [-0.2, -0.15) is 5.10 Å². The van der Waals surface area contributed by atoms with Crippen LogP contribution in [0.15, 0.2) is 36.4 Å². The van der Waals surface area contributed by atoms with Crippen LogP contribution in [0.3, 0.4) is 0 Å². The second-order valence-electron chi connectivity index (χ2n) is 4.24. The number of nitrogens with zero attached hydrogens (tertiary/aromatic N) is 2. The van der Waals surface area contributed by atoms with E-state index in [0.717, 1.165) is 29.9 Å². The van der Waals surface area contributed by atoms with Crippen LogP contribution in [-0.4, -0.2) is 9.78 Å². The monoisotopic (exact) mass is 229 g/mol. The molecule has 0 aliphatic rings. The van der Waals surface area contributed by atoms with Crippen molar-refractivity contribution in [2.24, 2.45) is 0 Å². The van der Waals surface area contributed by atoms with Crippen LogP contribution in [0.1, 0.15) is 32.7 Å². The van der Waals surface area contributed by atoms with Gasteiger partial charge in [0.15, 0.2) is 0 Å². The van der Waals surface area contributed by atoms with Crippen molar-refractivity contribution in [1.82, 2.24) is 9.78 Å². The van der Waals surface area contributed by atoms with Crippen LogP contribution < -0.4 is 5.73 Å².